The highest BCUT2D eigenvalue weighted by atomic mass is 32.1. The Morgan fingerprint density at radius 2 is 1.97 bits per heavy atom. The van der Waals surface area contributed by atoms with Crippen molar-refractivity contribution in [1.29, 1.82) is 5.26 Å². The maximum Gasteiger partial charge on any atom is 0.226 e. The Labute approximate surface area is 177 Å². The first-order valence-corrected chi connectivity index (χ1v) is 11.6. The minimum atomic E-state index is -0.0351. The number of nitriles is 1. The fraction of sp³-hybridized carbons (Fsp3) is 0.682. The van der Waals surface area contributed by atoms with Gasteiger partial charge in [-0.05, 0) is 63.6 Å². The summed E-state index contributed by atoms with van der Waals surface area (Å²) in [5.41, 5.74) is 1.80. The second-order valence-electron chi connectivity index (χ2n) is 8.63. The average Bonchev–Trinajstić information content (AvgIpc) is 3.27. The molecule has 0 radical (unpaired) electrons. The number of likely N-dealkylation sites (tertiary alicyclic amines) is 1. The molecule has 1 aliphatic carbocycles. The van der Waals surface area contributed by atoms with E-state index in [1.54, 1.807) is 11.3 Å². The van der Waals surface area contributed by atoms with Crippen LogP contribution in [0.25, 0.3) is 0 Å². The van der Waals surface area contributed by atoms with Crippen molar-refractivity contribution in [2.75, 3.05) is 25.0 Å². The second-order valence-corrected chi connectivity index (χ2v) is 9.73. The van der Waals surface area contributed by atoms with Crippen molar-refractivity contribution in [3.63, 3.8) is 0 Å². The van der Waals surface area contributed by atoms with Crippen LogP contribution in [0.5, 0.6) is 0 Å². The first-order chi connectivity index (χ1) is 13.9. The van der Waals surface area contributed by atoms with E-state index in [1.807, 2.05) is 0 Å². The third-order valence-corrected chi connectivity index (χ3v) is 7.48. The summed E-state index contributed by atoms with van der Waals surface area (Å²) in [5.74, 6) is 0.641. The van der Waals surface area contributed by atoms with Crippen LogP contribution in [0.1, 0.15) is 62.5 Å². The van der Waals surface area contributed by atoms with Gasteiger partial charge in [-0.2, -0.15) is 5.26 Å². The van der Waals surface area contributed by atoms with Gasteiger partial charge < -0.3 is 15.5 Å². The summed E-state index contributed by atoms with van der Waals surface area (Å²) in [7, 11) is 0. The van der Waals surface area contributed by atoms with E-state index in [0.29, 0.717) is 24.4 Å². The SMILES string of the molecule is CC(C)C(C)NC(=O)C1CCN(CCC(=O)Nc2sc3c(c2C#N)CCC3)CC1. The van der Waals surface area contributed by atoms with Crippen LogP contribution in [0, 0.1) is 23.2 Å². The number of carbonyl (C=O) groups is 2. The van der Waals surface area contributed by atoms with E-state index in [-0.39, 0.29) is 23.8 Å². The molecule has 29 heavy (non-hydrogen) atoms. The molecule has 0 spiro atoms. The van der Waals surface area contributed by atoms with Crippen molar-refractivity contribution >= 4 is 28.2 Å². The van der Waals surface area contributed by atoms with Gasteiger partial charge in [-0.1, -0.05) is 13.8 Å². The van der Waals surface area contributed by atoms with Crippen LogP contribution in [0.4, 0.5) is 5.00 Å². The number of aryl methyl sites for hydroxylation is 1. The minimum Gasteiger partial charge on any atom is -0.353 e. The third kappa shape index (κ3) is 5.37. The Morgan fingerprint density at radius 3 is 2.62 bits per heavy atom. The van der Waals surface area contributed by atoms with Crippen LogP contribution in [0.2, 0.25) is 0 Å². The molecule has 2 heterocycles. The summed E-state index contributed by atoms with van der Waals surface area (Å²) in [4.78, 5) is 28.3. The fourth-order valence-corrected chi connectivity index (χ4v) is 5.24. The number of nitrogens with zero attached hydrogens (tertiary/aromatic N) is 2. The molecule has 2 aliphatic rings. The summed E-state index contributed by atoms with van der Waals surface area (Å²) >= 11 is 1.56. The van der Waals surface area contributed by atoms with Crippen LogP contribution >= 0.6 is 11.3 Å². The highest BCUT2D eigenvalue weighted by Crippen LogP contribution is 2.38. The Bertz CT molecular complexity index is 787. The van der Waals surface area contributed by atoms with Crippen LogP contribution in [-0.4, -0.2) is 42.4 Å². The molecule has 2 amide bonds. The first-order valence-electron chi connectivity index (χ1n) is 10.8. The molecule has 1 aromatic heterocycles. The number of fused-ring (bicyclic) bond motifs is 1. The molecule has 1 aliphatic heterocycles. The summed E-state index contributed by atoms with van der Waals surface area (Å²) < 4.78 is 0. The maximum absolute atomic E-state index is 12.4. The smallest absolute Gasteiger partial charge is 0.226 e. The number of piperidine rings is 1. The standard InChI is InChI=1S/C22H32N4O2S/c1-14(2)15(3)24-21(28)16-7-10-26(11-8-16)12-9-20(27)25-22-18(13-23)17-5-4-6-19(17)29-22/h14-16H,4-12H2,1-3H3,(H,24,28)(H,25,27). The first kappa shape index (κ1) is 21.8. The van der Waals surface area contributed by atoms with Gasteiger partial charge >= 0.3 is 0 Å². The van der Waals surface area contributed by atoms with Crippen molar-refractivity contribution in [2.45, 2.75) is 65.3 Å². The van der Waals surface area contributed by atoms with E-state index in [2.05, 4.69) is 42.4 Å². The normalized spacial score (nSPS) is 18.3. The molecule has 2 N–H and O–H groups in total. The number of nitrogens with one attached hydrogen (secondary N) is 2. The van der Waals surface area contributed by atoms with E-state index in [4.69, 9.17) is 0 Å². The summed E-state index contributed by atoms with van der Waals surface area (Å²) in [6.07, 6.45) is 5.16. The van der Waals surface area contributed by atoms with Crippen LogP contribution in [0.15, 0.2) is 0 Å². The Kier molecular flexibility index (Phi) is 7.31. The van der Waals surface area contributed by atoms with Gasteiger partial charge in [0, 0.05) is 29.8 Å². The van der Waals surface area contributed by atoms with Crippen LogP contribution < -0.4 is 10.6 Å². The lowest BCUT2D eigenvalue weighted by Gasteiger charge is -2.32. The predicted octanol–water partition coefficient (Wildman–Crippen LogP) is 3.31. The van der Waals surface area contributed by atoms with Gasteiger partial charge in [-0.15, -0.1) is 11.3 Å². The molecule has 1 atom stereocenters. The van der Waals surface area contributed by atoms with Gasteiger partial charge in [0.1, 0.15) is 11.1 Å². The molecule has 0 saturated carbocycles. The Morgan fingerprint density at radius 1 is 1.24 bits per heavy atom. The number of hydrogen-bond acceptors (Lipinski definition) is 5. The number of thiophene rings is 1. The van der Waals surface area contributed by atoms with Crippen LogP contribution in [-0.2, 0) is 22.4 Å². The number of carbonyl (C=O) groups excluding carboxylic acids is 2. The molecule has 1 aromatic rings. The molecule has 6 nitrogen and oxygen atoms in total. The molecule has 7 heteroatoms. The number of anilines is 1. The quantitative estimate of drug-likeness (QED) is 0.714. The highest BCUT2D eigenvalue weighted by molar-refractivity contribution is 7.16. The topological polar surface area (TPSA) is 85.2 Å². The third-order valence-electron chi connectivity index (χ3n) is 6.27. The van der Waals surface area contributed by atoms with Gasteiger partial charge in [0.2, 0.25) is 11.8 Å². The fourth-order valence-electron chi connectivity index (χ4n) is 3.99. The summed E-state index contributed by atoms with van der Waals surface area (Å²) in [6, 6.07) is 2.47. The minimum absolute atomic E-state index is 0.0351. The zero-order valence-electron chi connectivity index (χ0n) is 17.7. The monoisotopic (exact) mass is 416 g/mol. The molecule has 1 fully saturated rings. The van der Waals surface area contributed by atoms with Crippen molar-refractivity contribution in [2.24, 2.45) is 11.8 Å². The van der Waals surface area contributed by atoms with Crippen molar-refractivity contribution < 1.29 is 9.59 Å². The van der Waals surface area contributed by atoms with Gasteiger partial charge in [-0.3, -0.25) is 9.59 Å². The Hall–Kier alpha value is -1.91. The lowest BCUT2D eigenvalue weighted by atomic mass is 9.94. The summed E-state index contributed by atoms with van der Waals surface area (Å²) in [6.45, 7) is 8.66. The molecule has 1 unspecified atom stereocenters. The van der Waals surface area contributed by atoms with E-state index in [1.165, 1.54) is 4.88 Å². The molecule has 0 bridgehead atoms. The molecule has 0 aromatic carbocycles. The molecule has 158 valence electrons. The number of amides is 2. The zero-order chi connectivity index (χ0) is 21.0. The van der Waals surface area contributed by atoms with Crippen molar-refractivity contribution in [1.82, 2.24) is 10.2 Å². The summed E-state index contributed by atoms with van der Waals surface area (Å²) in [5, 5.41) is 16.2. The predicted molar refractivity (Wildman–Crippen MR) is 116 cm³/mol. The van der Waals surface area contributed by atoms with E-state index < -0.39 is 0 Å². The average molecular weight is 417 g/mol. The Balaban J connectivity index is 1.41. The molecule has 3 rings (SSSR count). The molecular formula is C22H32N4O2S. The van der Waals surface area contributed by atoms with Crippen LogP contribution in [0.3, 0.4) is 0 Å². The second kappa shape index (κ2) is 9.73. The lowest BCUT2D eigenvalue weighted by Crippen LogP contribution is -2.44. The van der Waals surface area contributed by atoms with E-state index in [9.17, 15) is 14.9 Å². The van der Waals surface area contributed by atoms with Gasteiger partial charge in [0.05, 0.1) is 5.56 Å². The lowest BCUT2D eigenvalue weighted by molar-refractivity contribution is -0.127. The van der Waals surface area contributed by atoms with Gasteiger partial charge in [0.15, 0.2) is 0 Å². The van der Waals surface area contributed by atoms with Crippen molar-refractivity contribution in [3.05, 3.63) is 16.0 Å². The molecular weight excluding hydrogens is 384 g/mol. The van der Waals surface area contributed by atoms with Gasteiger partial charge in [-0.25, -0.2) is 0 Å². The maximum atomic E-state index is 12.4. The highest BCUT2D eigenvalue weighted by Gasteiger charge is 2.27. The van der Waals surface area contributed by atoms with E-state index >= 15 is 0 Å². The number of rotatable bonds is 7. The van der Waals surface area contributed by atoms with E-state index in [0.717, 1.165) is 55.8 Å². The van der Waals surface area contributed by atoms with Gasteiger partial charge in [0.25, 0.3) is 0 Å². The zero-order valence-corrected chi connectivity index (χ0v) is 18.5. The molecule has 1 saturated heterocycles. The van der Waals surface area contributed by atoms with Crippen molar-refractivity contribution in [3.8, 4) is 6.07 Å². The number of hydrogen-bond donors (Lipinski definition) is 2. The largest absolute Gasteiger partial charge is 0.353 e.